The number of likely N-dealkylation sites (tertiary alicyclic amines) is 1. The lowest BCUT2D eigenvalue weighted by Crippen LogP contribution is -2.43. The van der Waals surface area contributed by atoms with Gasteiger partial charge in [0, 0.05) is 12.6 Å². The lowest BCUT2D eigenvalue weighted by atomic mass is 9.97. The van der Waals surface area contributed by atoms with Crippen LogP contribution in [0.1, 0.15) is 71.1 Å². The monoisotopic (exact) mass is 309 g/mol. The van der Waals surface area contributed by atoms with Crippen molar-refractivity contribution in [1.29, 1.82) is 0 Å². The van der Waals surface area contributed by atoms with Crippen LogP contribution in [-0.4, -0.2) is 43.2 Å². The Labute approximate surface area is 136 Å². The maximum atomic E-state index is 12.0. The van der Waals surface area contributed by atoms with Crippen molar-refractivity contribution in [2.24, 2.45) is 5.92 Å². The highest BCUT2D eigenvalue weighted by Gasteiger charge is 2.16. The number of nitrogens with zero attached hydrogens (tertiary/aromatic N) is 1. The third-order valence-corrected chi connectivity index (χ3v) is 5.25. The molecular weight excluding hydrogens is 274 g/mol. The van der Waals surface area contributed by atoms with Crippen molar-refractivity contribution < 1.29 is 4.79 Å². The van der Waals surface area contributed by atoms with Crippen molar-refractivity contribution in [3.8, 4) is 0 Å². The van der Waals surface area contributed by atoms with Gasteiger partial charge in [-0.15, -0.1) is 0 Å². The fourth-order valence-electron chi connectivity index (χ4n) is 3.63. The van der Waals surface area contributed by atoms with Gasteiger partial charge in [0.15, 0.2) is 0 Å². The molecule has 1 saturated carbocycles. The molecule has 2 amide bonds. The third-order valence-electron chi connectivity index (χ3n) is 5.25. The minimum atomic E-state index is 0.0397. The van der Waals surface area contributed by atoms with E-state index in [1.165, 1.54) is 58.0 Å². The van der Waals surface area contributed by atoms with Gasteiger partial charge >= 0.3 is 6.03 Å². The van der Waals surface area contributed by atoms with Crippen LogP contribution in [0.15, 0.2) is 0 Å². The van der Waals surface area contributed by atoms with Crippen molar-refractivity contribution in [3.05, 3.63) is 0 Å². The van der Waals surface area contributed by atoms with E-state index in [9.17, 15) is 4.79 Å². The van der Waals surface area contributed by atoms with Crippen molar-refractivity contribution in [3.63, 3.8) is 0 Å². The molecule has 1 aliphatic carbocycles. The second-order valence-electron chi connectivity index (χ2n) is 7.32. The minimum Gasteiger partial charge on any atom is -0.338 e. The van der Waals surface area contributed by atoms with Gasteiger partial charge in [-0.25, -0.2) is 4.79 Å². The first kappa shape index (κ1) is 17.6. The summed E-state index contributed by atoms with van der Waals surface area (Å²) in [6.07, 6.45) is 12.6. The summed E-state index contributed by atoms with van der Waals surface area (Å²) >= 11 is 0. The van der Waals surface area contributed by atoms with Gasteiger partial charge in [0.2, 0.25) is 0 Å². The second-order valence-corrected chi connectivity index (χ2v) is 7.32. The molecule has 0 unspecified atom stereocenters. The van der Waals surface area contributed by atoms with Gasteiger partial charge in [0.25, 0.3) is 0 Å². The molecule has 1 saturated heterocycles. The molecule has 2 fully saturated rings. The van der Waals surface area contributed by atoms with E-state index < -0.39 is 0 Å². The minimum absolute atomic E-state index is 0.0397. The van der Waals surface area contributed by atoms with Crippen LogP contribution in [0.3, 0.4) is 0 Å². The van der Waals surface area contributed by atoms with Crippen molar-refractivity contribution >= 4 is 6.03 Å². The highest BCUT2D eigenvalue weighted by atomic mass is 16.2. The van der Waals surface area contributed by atoms with E-state index >= 15 is 0 Å². The predicted molar refractivity (Wildman–Crippen MR) is 92.1 cm³/mol. The number of hydrogen-bond acceptors (Lipinski definition) is 2. The molecule has 128 valence electrons. The van der Waals surface area contributed by atoms with Crippen LogP contribution in [0, 0.1) is 5.92 Å². The maximum absolute atomic E-state index is 12.0. The van der Waals surface area contributed by atoms with Gasteiger partial charge in [-0.1, -0.05) is 39.0 Å². The lowest BCUT2D eigenvalue weighted by Gasteiger charge is -2.30. The van der Waals surface area contributed by atoms with Gasteiger partial charge in [0.1, 0.15) is 0 Å². The highest BCUT2D eigenvalue weighted by molar-refractivity contribution is 5.74. The Morgan fingerprint density at radius 1 is 1.00 bits per heavy atom. The maximum Gasteiger partial charge on any atom is 0.315 e. The lowest BCUT2D eigenvalue weighted by molar-refractivity contribution is 0.190. The Hall–Kier alpha value is -0.770. The summed E-state index contributed by atoms with van der Waals surface area (Å²) in [5, 5.41) is 6.20. The zero-order chi connectivity index (χ0) is 15.6. The van der Waals surface area contributed by atoms with E-state index in [-0.39, 0.29) is 6.03 Å². The number of carbonyl (C=O) groups is 1. The Bertz CT molecular complexity index is 305. The van der Waals surface area contributed by atoms with Crippen LogP contribution in [-0.2, 0) is 0 Å². The number of nitrogens with one attached hydrogen (secondary N) is 2. The summed E-state index contributed by atoms with van der Waals surface area (Å²) in [5.74, 6) is 0.893. The predicted octanol–water partition coefficient (Wildman–Crippen LogP) is 3.52. The quantitative estimate of drug-likeness (QED) is 0.763. The van der Waals surface area contributed by atoms with Gasteiger partial charge < -0.3 is 15.5 Å². The average Bonchev–Trinajstić information content (AvgIpc) is 2.48. The zero-order valence-corrected chi connectivity index (χ0v) is 14.4. The number of rotatable bonds is 5. The molecule has 0 bridgehead atoms. The molecule has 0 aromatic rings. The molecule has 2 N–H and O–H groups in total. The SMILES string of the molecule is CC1CCN(CCCNC(=O)NC2CCCCCCC2)CC1. The largest absolute Gasteiger partial charge is 0.338 e. The molecule has 0 aromatic carbocycles. The molecule has 0 aromatic heterocycles. The van der Waals surface area contributed by atoms with Crippen LogP contribution in [0.4, 0.5) is 4.79 Å². The summed E-state index contributed by atoms with van der Waals surface area (Å²) in [4.78, 5) is 14.5. The van der Waals surface area contributed by atoms with E-state index in [2.05, 4.69) is 22.5 Å². The Balaban J connectivity index is 1.51. The van der Waals surface area contributed by atoms with Crippen molar-refractivity contribution in [1.82, 2.24) is 15.5 Å². The van der Waals surface area contributed by atoms with Crippen LogP contribution in [0.25, 0.3) is 0 Å². The van der Waals surface area contributed by atoms with Crippen LogP contribution < -0.4 is 10.6 Å². The first-order chi connectivity index (χ1) is 10.7. The molecule has 1 aliphatic heterocycles. The summed E-state index contributed by atoms with van der Waals surface area (Å²) in [6.45, 7) is 6.73. The average molecular weight is 309 g/mol. The van der Waals surface area contributed by atoms with Crippen LogP contribution >= 0.6 is 0 Å². The number of piperidine rings is 1. The first-order valence-electron chi connectivity index (χ1n) is 9.51. The molecule has 0 radical (unpaired) electrons. The normalized spacial score (nSPS) is 22.8. The van der Waals surface area contributed by atoms with Gasteiger partial charge in [-0.3, -0.25) is 0 Å². The molecule has 0 atom stereocenters. The van der Waals surface area contributed by atoms with E-state index in [0.29, 0.717) is 6.04 Å². The van der Waals surface area contributed by atoms with Gasteiger partial charge in [-0.2, -0.15) is 0 Å². The summed E-state index contributed by atoms with van der Waals surface area (Å²) in [6, 6.07) is 0.432. The fourth-order valence-corrected chi connectivity index (χ4v) is 3.63. The molecule has 0 spiro atoms. The molecular formula is C18H35N3O. The Kier molecular flexibility index (Phi) is 8.06. The summed E-state index contributed by atoms with van der Waals surface area (Å²) < 4.78 is 0. The van der Waals surface area contributed by atoms with E-state index in [1.54, 1.807) is 0 Å². The fraction of sp³-hybridized carbons (Fsp3) is 0.944. The van der Waals surface area contributed by atoms with Crippen molar-refractivity contribution in [2.45, 2.75) is 77.2 Å². The zero-order valence-electron chi connectivity index (χ0n) is 14.4. The number of hydrogen-bond donors (Lipinski definition) is 2. The molecule has 22 heavy (non-hydrogen) atoms. The molecule has 4 heteroatoms. The Morgan fingerprint density at radius 2 is 1.64 bits per heavy atom. The number of urea groups is 1. The van der Waals surface area contributed by atoms with E-state index in [0.717, 1.165) is 38.3 Å². The molecule has 2 rings (SSSR count). The highest BCUT2D eigenvalue weighted by Crippen LogP contribution is 2.17. The smallest absolute Gasteiger partial charge is 0.315 e. The number of amides is 2. The summed E-state index contributed by atoms with van der Waals surface area (Å²) in [7, 11) is 0. The Morgan fingerprint density at radius 3 is 2.32 bits per heavy atom. The summed E-state index contributed by atoms with van der Waals surface area (Å²) in [5.41, 5.74) is 0. The van der Waals surface area contributed by atoms with Crippen molar-refractivity contribution in [2.75, 3.05) is 26.2 Å². The topological polar surface area (TPSA) is 44.4 Å². The first-order valence-corrected chi connectivity index (χ1v) is 9.51. The van der Waals surface area contributed by atoms with Gasteiger partial charge in [0.05, 0.1) is 0 Å². The number of carbonyl (C=O) groups excluding carboxylic acids is 1. The van der Waals surface area contributed by atoms with Crippen LogP contribution in [0.5, 0.6) is 0 Å². The second kappa shape index (κ2) is 10.1. The third kappa shape index (κ3) is 6.99. The molecule has 4 nitrogen and oxygen atoms in total. The molecule has 2 aliphatic rings. The molecule has 1 heterocycles. The van der Waals surface area contributed by atoms with Gasteiger partial charge in [-0.05, 0) is 57.7 Å². The standard InChI is InChI=1S/C18H35N3O/c1-16-10-14-21(15-11-16)13-7-12-19-18(22)20-17-8-5-3-2-4-6-9-17/h16-17H,2-15H2,1H3,(H2,19,20,22). The van der Waals surface area contributed by atoms with E-state index in [4.69, 9.17) is 0 Å². The van der Waals surface area contributed by atoms with E-state index in [1.807, 2.05) is 0 Å². The van der Waals surface area contributed by atoms with Crippen LogP contribution in [0.2, 0.25) is 0 Å².